The molecule has 6 nitrogen and oxygen atoms in total. The second-order valence-corrected chi connectivity index (χ2v) is 6.72. The molecule has 0 saturated heterocycles. The van der Waals surface area contributed by atoms with Gasteiger partial charge in [-0.2, -0.15) is 0 Å². The van der Waals surface area contributed by atoms with Crippen LogP contribution in [0.2, 0.25) is 5.02 Å². The standard InChI is InChI=1S/C22H18ClN3O3/c1-14-6-8-15(9-7-14)20(27)24-19-5-3-2-4-18(19)22(29)26-25-21(28)16-10-12-17(23)13-11-16/h2-13H,1H3,(H,24,27)(H,25,28)(H,26,29). The number of rotatable bonds is 4. The highest BCUT2D eigenvalue weighted by atomic mass is 35.5. The number of para-hydroxylation sites is 1. The Bertz CT molecular complexity index is 1050. The van der Waals surface area contributed by atoms with Gasteiger partial charge in [-0.1, -0.05) is 41.4 Å². The number of aryl methyl sites for hydroxylation is 1. The Morgan fingerprint density at radius 1 is 0.690 bits per heavy atom. The summed E-state index contributed by atoms with van der Waals surface area (Å²) < 4.78 is 0. The number of amides is 3. The normalized spacial score (nSPS) is 10.1. The number of hydrogen-bond donors (Lipinski definition) is 3. The lowest BCUT2D eigenvalue weighted by molar-refractivity contribution is 0.0847. The minimum absolute atomic E-state index is 0.212. The van der Waals surface area contributed by atoms with E-state index in [0.29, 0.717) is 21.8 Å². The molecule has 0 saturated carbocycles. The second-order valence-electron chi connectivity index (χ2n) is 6.28. The van der Waals surface area contributed by atoms with Gasteiger partial charge >= 0.3 is 0 Å². The Hall–Kier alpha value is -3.64. The fourth-order valence-corrected chi connectivity index (χ4v) is 2.67. The number of hydrogen-bond acceptors (Lipinski definition) is 3. The Morgan fingerprint density at radius 3 is 1.93 bits per heavy atom. The molecule has 0 spiro atoms. The molecular formula is C22H18ClN3O3. The first kappa shape index (κ1) is 20.1. The molecule has 7 heteroatoms. The molecule has 0 aliphatic rings. The van der Waals surface area contributed by atoms with Crippen molar-refractivity contribution in [2.24, 2.45) is 0 Å². The van der Waals surface area contributed by atoms with Crippen LogP contribution in [0.3, 0.4) is 0 Å². The highest BCUT2D eigenvalue weighted by Crippen LogP contribution is 2.16. The van der Waals surface area contributed by atoms with E-state index in [9.17, 15) is 14.4 Å². The maximum atomic E-state index is 12.5. The van der Waals surface area contributed by atoms with Crippen LogP contribution in [-0.4, -0.2) is 17.7 Å². The highest BCUT2D eigenvalue weighted by Gasteiger charge is 2.15. The lowest BCUT2D eigenvalue weighted by Crippen LogP contribution is -2.41. The van der Waals surface area contributed by atoms with Crippen molar-refractivity contribution in [2.75, 3.05) is 5.32 Å². The van der Waals surface area contributed by atoms with Crippen molar-refractivity contribution in [3.8, 4) is 0 Å². The predicted octanol–water partition coefficient (Wildman–Crippen LogP) is 3.98. The summed E-state index contributed by atoms with van der Waals surface area (Å²) in [5.74, 6) is -1.39. The van der Waals surface area contributed by atoms with Crippen molar-refractivity contribution < 1.29 is 14.4 Å². The van der Waals surface area contributed by atoms with Crippen LogP contribution in [0.25, 0.3) is 0 Å². The van der Waals surface area contributed by atoms with Crippen LogP contribution >= 0.6 is 11.6 Å². The zero-order valence-electron chi connectivity index (χ0n) is 15.5. The molecule has 0 unspecified atom stereocenters. The number of anilines is 1. The van der Waals surface area contributed by atoms with E-state index in [2.05, 4.69) is 16.2 Å². The van der Waals surface area contributed by atoms with Crippen LogP contribution in [0.5, 0.6) is 0 Å². The van der Waals surface area contributed by atoms with Crippen LogP contribution < -0.4 is 16.2 Å². The molecule has 29 heavy (non-hydrogen) atoms. The summed E-state index contributed by atoms with van der Waals surface area (Å²) in [5, 5.41) is 3.23. The summed E-state index contributed by atoms with van der Waals surface area (Å²) in [5.41, 5.74) is 7.09. The van der Waals surface area contributed by atoms with Crippen LogP contribution in [0.4, 0.5) is 5.69 Å². The van der Waals surface area contributed by atoms with Gasteiger partial charge in [-0.15, -0.1) is 0 Å². The Morgan fingerprint density at radius 2 is 1.24 bits per heavy atom. The third kappa shape index (κ3) is 5.21. The molecule has 0 aliphatic carbocycles. The van der Waals surface area contributed by atoms with E-state index in [1.807, 2.05) is 19.1 Å². The topological polar surface area (TPSA) is 87.3 Å². The van der Waals surface area contributed by atoms with Gasteiger partial charge < -0.3 is 5.32 Å². The number of halogens is 1. The van der Waals surface area contributed by atoms with Gasteiger partial charge in [-0.3, -0.25) is 25.2 Å². The summed E-state index contributed by atoms with van der Waals surface area (Å²) in [4.78, 5) is 37.1. The van der Waals surface area contributed by atoms with E-state index in [-0.39, 0.29) is 11.5 Å². The summed E-state index contributed by atoms with van der Waals surface area (Å²) >= 11 is 5.80. The van der Waals surface area contributed by atoms with Crippen molar-refractivity contribution in [2.45, 2.75) is 6.92 Å². The maximum absolute atomic E-state index is 12.5. The monoisotopic (exact) mass is 407 g/mol. The van der Waals surface area contributed by atoms with Gasteiger partial charge in [0.1, 0.15) is 0 Å². The third-order valence-electron chi connectivity index (χ3n) is 4.13. The molecule has 0 aliphatic heterocycles. The molecule has 3 rings (SSSR count). The van der Waals surface area contributed by atoms with Gasteiger partial charge in [-0.25, -0.2) is 0 Å². The van der Waals surface area contributed by atoms with Crippen LogP contribution in [-0.2, 0) is 0 Å². The third-order valence-corrected chi connectivity index (χ3v) is 4.38. The SMILES string of the molecule is Cc1ccc(C(=O)Nc2ccccc2C(=O)NNC(=O)c2ccc(Cl)cc2)cc1. The quantitative estimate of drug-likeness (QED) is 0.572. The largest absolute Gasteiger partial charge is 0.321 e. The van der Waals surface area contributed by atoms with Gasteiger partial charge in [-0.05, 0) is 55.5 Å². The summed E-state index contributed by atoms with van der Waals surface area (Å²) in [6, 6.07) is 19.8. The number of nitrogens with one attached hydrogen (secondary N) is 3. The molecule has 0 radical (unpaired) electrons. The maximum Gasteiger partial charge on any atom is 0.271 e. The van der Waals surface area contributed by atoms with Crippen LogP contribution in [0.15, 0.2) is 72.8 Å². The molecular weight excluding hydrogens is 390 g/mol. The first-order valence-corrected chi connectivity index (χ1v) is 9.15. The van der Waals surface area contributed by atoms with Crippen LogP contribution in [0.1, 0.15) is 36.6 Å². The molecule has 0 fully saturated rings. The van der Waals surface area contributed by atoms with Crippen molar-refractivity contribution in [3.63, 3.8) is 0 Å². The van der Waals surface area contributed by atoms with Gasteiger partial charge in [0.05, 0.1) is 11.3 Å². The summed E-state index contributed by atoms with van der Waals surface area (Å²) in [7, 11) is 0. The average molecular weight is 408 g/mol. The Labute approximate surface area is 172 Å². The number of hydrazine groups is 1. The fraction of sp³-hybridized carbons (Fsp3) is 0.0455. The van der Waals surface area contributed by atoms with Crippen molar-refractivity contribution in [1.82, 2.24) is 10.9 Å². The zero-order valence-corrected chi connectivity index (χ0v) is 16.3. The molecule has 0 aromatic heterocycles. The molecule has 3 aromatic rings. The zero-order chi connectivity index (χ0) is 20.8. The summed E-state index contributed by atoms with van der Waals surface area (Å²) in [6.45, 7) is 1.93. The smallest absolute Gasteiger partial charge is 0.271 e. The number of carbonyl (C=O) groups excluding carboxylic acids is 3. The van der Waals surface area contributed by atoms with E-state index in [0.717, 1.165) is 5.56 Å². The Kier molecular flexibility index (Phi) is 6.26. The van der Waals surface area contributed by atoms with E-state index < -0.39 is 11.8 Å². The van der Waals surface area contributed by atoms with Gasteiger partial charge in [0.2, 0.25) is 0 Å². The second kappa shape index (κ2) is 9.03. The van der Waals surface area contributed by atoms with Crippen molar-refractivity contribution in [1.29, 1.82) is 0 Å². The van der Waals surface area contributed by atoms with E-state index in [4.69, 9.17) is 11.6 Å². The average Bonchev–Trinajstić information content (AvgIpc) is 2.73. The van der Waals surface area contributed by atoms with Crippen molar-refractivity contribution in [3.05, 3.63) is 100 Å². The number of carbonyl (C=O) groups is 3. The molecule has 146 valence electrons. The first-order valence-electron chi connectivity index (χ1n) is 8.77. The van der Waals surface area contributed by atoms with Gasteiger partial charge in [0.15, 0.2) is 0 Å². The Balaban J connectivity index is 1.68. The minimum Gasteiger partial charge on any atom is -0.321 e. The molecule has 3 N–H and O–H groups in total. The molecule has 0 atom stereocenters. The fourth-order valence-electron chi connectivity index (χ4n) is 2.54. The molecule has 3 amide bonds. The molecule has 0 heterocycles. The van der Waals surface area contributed by atoms with Gasteiger partial charge in [0, 0.05) is 16.1 Å². The van der Waals surface area contributed by atoms with Crippen molar-refractivity contribution >= 4 is 35.0 Å². The lowest BCUT2D eigenvalue weighted by atomic mass is 10.1. The molecule has 0 bridgehead atoms. The van der Waals surface area contributed by atoms with Crippen LogP contribution in [0, 0.1) is 6.92 Å². The van der Waals surface area contributed by atoms with E-state index in [1.54, 1.807) is 60.7 Å². The molecule has 3 aromatic carbocycles. The number of benzene rings is 3. The highest BCUT2D eigenvalue weighted by molar-refractivity contribution is 6.30. The lowest BCUT2D eigenvalue weighted by Gasteiger charge is -2.12. The predicted molar refractivity (Wildman–Crippen MR) is 112 cm³/mol. The summed E-state index contributed by atoms with van der Waals surface area (Å²) in [6.07, 6.45) is 0. The van der Waals surface area contributed by atoms with Gasteiger partial charge in [0.25, 0.3) is 17.7 Å². The first-order chi connectivity index (χ1) is 13.9. The minimum atomic E-state index is -0.563. The van der Waals surface area contributed by atoms with E-state index in [1.165, 1.54) is 0 Å². The van der Waals surface area contributed by atoms with E-state index >= 15 is 0 Å².